The van der Waals surface area contributed by atoms with Gasteiger partial charge in [-0.1, -0.05) is 37.2 Å². The number of hydrogen-bond donors (Lipinski definition) is 0. The second-order valence-electron chi connectivity index (χ2n) is 7.34. The number of esters is 1. The molecule has 0 radical (unpaired) electrons. The van der Waals surface area contributed by atoms with Gasteiger partial charge in [0.05, 0.1) is 28.6 Å². The molecule has 32 heavy (non-hydrogen) atoms. The lowest BCUT2D eigenvalue weighted by Gasteiger charge is -2.16. The molecule has 166 valence electrons. The van der Waals surface area contributed by atoms with Crippen LogP contribution in [0, 0.1) is 0 Å². The van der Waals surface area contributed by atoms with Crippen molar-refractivity contribution in [3.63, 3.8) is 0 Å². The van der Waals surface area contributed by atoms with Gasteiger partial charge in [0, 0.05) is 18.5 Å². The van der Waals surface area contributed by atoms with Crippen LogP contribution in [0.4, 0.5) is 11.4 Å². The highest BCUT2D eigenvalue weighted by atomic mass is 32.2. The van der Waals surface area contributed by atoms with Crippen molar-refractivity contribution < 1.29 is 14.3 Å². The minimum atomic E-state index is -0.352. The predicted molar refractivity (Wildman–Crippen MR) is 131 cm³/mol. The van der Waals surface area contributed by atoms with E-state index in [-0.39, 0.29) is 11.9 Å². The largest absolute Gasteiger partial charge is 0.462 e. The standard InChI is InChI=1S/C24H25N3O3S2/c1-4-6-15-27-21(28)20(22-26(3)18-9-7-8-10-19(18)31-22)32-24(27)25-17-13-11-16(12-14-17)23(29)30-5-2/h7-14H,4-6,15H2,1-3H3. The molecule has 0 unspecified atom stereocenters. The number of para-hydroxylation sites is 1. The third-order valence-corrected chi connectivity index (χ3v) is 7.57. The molecule has 0 spiro atoms. The van der Waals surface area contributed by atoms with E-state index in [1.54, 1.807) is 47.9 Å². The number of amides is 1. The first-order valence-corrected chi connectivity index (χ1v) is 12.3. The quantitative estimate of drug-likeness (QED) is 0.405. The zero-order valence-corrected chi connectivity index (χ0v) is 20.0. The molecule has 1 fully saturated rings. The van der Waals surface area contributed by atoms with Gasteiger partial charge in [0.25, 0.3) is 5.91 Å². The van der Waals surface area contributed by atoms with Crippen LogP contribution in [0.3, 0.4) is 0 Å². The normalized spacial score (nSPS) is 19.1. The summed E-state index contributed by atoms with van der Waals surface area (Å²) in [5.74, 6) is -0.359. The number of thioether (sulfide) groups is 2. The molecular formula is C24H25N3O3S2. The number of carbonyl (C=O) groups excluding carboxylic acids is 2. The van der Waals surface area contributed by atoms with Crippen LogP contribution >= 0.6 is 23.5 Å². The molecule has 2 aromatic carbocycles. The Morgan fingerprint density at radius 3 is 2.50 bits per heavy atom. The summed E-state index contributed by atoms with van der Waals surface area (Å²) in [5.41, 5.74) is 2.28. The number of aliphatic imine (C=N–C) groups is 1. The fourth-order valence-electron chi connectivity index (χ4n) is 3.43. The molecule has 2 aromatic rings. The zero-order chi connectivity index (χ0) is 22.7. The third kappa shape index (κ3) is 4.42. The van der Waals surface area contributed by atoms with Gasteiger partial charge in [-0.15, -0.1) is 0 Å². The van der Waals surface area contributed by atoms with Crippen LogP contribution in [0.1, 0.15) is 37.0 Å². The first-order valence-electron chi connectivity index (χ1n) is 10.6. The molecule has 8 heteroatoms. The molecule has 0 saturated carbocycles. The van der Waals surface area contributed by atoms with Crippen LogP contribution < -0.4 is 4.90 Å². The highest BCUT2D eigenvalue weighted by Crippen LogP contribution is 2.50. The minimum absolute atomic E-state index is 0.00694. The van der Waals surface area contributed by atoms with Crippen molar-refractivity contribution in [2.45, 2.75) is 31.6 Å². The van der Waals surface area contributed by atoms with Gasteiger partial charge in [0.1, 0.15) is 4.91 Å². The first kappa shape index (κ1) is 22.5. The summed E-state index contributed by atoms with van der Waals surface area (Å²) in [6, 6.07) is 15.1. The molecule has 2 aliphatic heterocycles. The maximum atomic E-state index is 13.4. The van der Waals surface area contributed by atoms with Crippen LogP contribution in [0.2, 0.25) is 0 Å². The summed E-state index contributed by atoms with van der Waals surface area (Å²) in [6.45, 7) is 4.85. The van der Waals surface area contributed by atoms with E-state index in [0.29, 0.717) is 34.5 Å². The number of amidine groups is 1. The van der Waals surface area contributed by atoms with Crippen molar-refractivity contribution in [1.82, 2.24) is 4.90 Å². The van der Waals surface area contributed by atoms with Crippen LogP contribution in [0.25, 0.3) is 0 Å². The Hall–Kier alpha value is -2.71. The van der Waals surface area contributed by atoms with Gasteiger partial charge in [0.15, 0.2) is 5.17 Å². The molecule has 1 saturated heterocycles. The van der Waals surface area contributed by atoms with E-state index in [4.69, 9.17) is 9.73 Å². The fraction of sp³-hybridized carbons (Fsp3) is 0.292. The first-order chi connectivity index (χ1) is 15.5. The number of ether oxygens (including phenoxy) is 1. The Kier molecular flexibility index (Phi) is 6.91. The Labute approximate surface area is 196 Å². The molecular weight excluding hydrogens is 442 g/mol. The molecule has 1 amide bonds. The molecule has 0 aromatic heterocycles. The van der Waals surface area contributed by atoms with Gasteiger partial charge in [-0.2, -0.15) is 0 Å². The fourth-order valence-corrected chi connectivity index (χ4v) is 5.80. The van der Waals surface area contributed by atoms with Crippen molar-refractivity contribution in [3.05, 3.63) is 64.0 Å². The lowest BCUT2D eigenvalue weighted by molar-refractivity contribution is -0.122. The Bertz CT molecular complexity index is 1100. The number of fused-ring (bicyclic) bond motifs is 1. The van der Waals surface area contributed by atoms with Gasteiger partial charge in [-0.3, -0.25) is 9.69 Å². The molecule has 0 aliphatic carbocycles. The number of nitrogens with zero attached hydrogens (tertiary/aromatic N) is 3. The zero-order valence-electron chi connectivity index (χ0n) is 18.3. The van der Waals surface area contributed by atoms with Crippen LogP contribution in [0.5, 0.6) is 0 Å². The smallest absolute Gasteiger partial charge is 0.338 e. The van der Waals surface area contributed by atoms with Gasteiger partial charge in [-0.25, -0.2) is 9.79 Å². The number of anilines is 1. The van der Waals surface area contributed by atoms with Crippen LogP contribution in [-0.4, -0.2) is 42.1 Å². The molecule has 0 N–H and O–H groups in total. The number of benzene rings is 2. The molecule has 0 bridgehead atoms. The van der Waals surface area contributed by atoms with E-state index in [0.717, 1.165) is 28.5 Å². The summed E-state index contributed by atoms with van der Waals surface area (Å²) in [7, 11) is 1.99. The number of hydrogen-bond acceptors (Lipinski definition) is 7. The average molecular weight is 468 g/mol. The topological polar surface area (TPSA) is 62.2 Å². The van der Waals surface area contributed by atoms with Crippen molar-refractivity contribution in [2.75, 3.05) is 25.1 Å². The van der Waals surface area contributed by atoms with Gasteiger partial charge in [-0.05, 0) is 61.5 Å². The monoisotopic (exact) mass is 467 g/mol. The Morgan fingerprint density at radius 1 is 1.06 bits per heavy atom. The summed E-state index contributed by atoms with van der Waals surface area (Å²) in [6.07, 6.45) is 1.89. The average Bonchev–Trinajstić information content (AvgIpc) is 3.29. The maximum Gasteiger partial charge on any atom is 0.338 e. The SMILES string of the molecule is CCCCN1C(=O)C(=C2Sc3ccccc3N2C)SC1=Nc1ccc(C(=O)OCC)cc1. The number of unbranched alkanes of at least 4 members (excludes halogenated alkanes) is 1. The highest BCUT2D eigenvalue weighted by molar-refractivity contribution is 8.19. The van der Waals surface area contributed by atoms with Gasteiger partial charge >= 0.3 is 5.97 Å². The van der Waals surface area contributed by atoms with E-state index in [2.05, 4.69) is 24.0 Å². The lowest BCUT2D eigenvalue weighted by atomic mass is 10.2. The minimum Gasteiger partial charge on any atom is -0.462 e. The third-order valence-electron chi connectivity index (χ3n) is 5.13. The summed E-state index contributed by atoms with van der Waals surface area (Å²) < 4.78 is 5.04. The van der Waals surface area contributed by atoms with E-state index >= 15 is 0 Å². The molecule has 2 aliphatic rings. The van der Waals surface area contributed by atoms with E-state index < -0.39 is 0 Å². The summed E-state index contributed by atoms with van der Waals surface area (Å²) in [4.78, 5) is 35.7. The summed E-state index contributed by atoms with van der Waals surface area (Å²) in [5, 5.41) is 1.60. The van der Waals surface area contributed by atoms with Crippen LogP contribution in [-0.2, 0) is 9.53 Å². The summed E-state index contributed by atoms with van der Waals surface area (Å²) >= 11 is 3.03. The van der Waals surface area contributed by atoms with E-state index in [1.165, 1.54) is 11.8 Å². The van der Waals surface area contributed by atoms with Crippen molar-refractivity contribution >= 4 is 51.9 Å². The second-order valence-corrected chi connectivity index (χ2v) is 9.35. The molecule has 4 rings (SSSR count). The van der Waals surface area contributed by atoms with Gasteiger partial charge in [0.2, 0.25) is 0 Å². The number of carbonyl (C=O) groups is 2. The second kappa shape index (κ2) is 9.83. The van der Waals surface area contributed by atoms with Crippen molar-refractivity contribution in [2.24, 2.45) is 4.99 Å². The maximum absolute atomic E-state index is 13.4. The molecule has 0 atom stereocenters. The van der Waals surface area contributed by atoms with Crippen molar-refractivity contribution in [3.8, 4) is 0 Å². The molecule has 2 heterocycles. The Balaban J connectivity index is 1.64. The van der Waals surface area contributed by atoms with E-state index in [1.807, 2.05) is 19.2 Å². The Morgan fingerprint density at radius 2 is 1.81 bits per heavy atom. The lowest BCUT2D eigenvalue weighted by Crippen LogP contribution is -2.30. The van der Waals surface area contributed by atoms with Gasteiger partial charge < -0.3 is 9.64 Å². The predicted octanol–water partition coefficient (Wildman–Crippen LogP) is 5.64. The van der Waals surface area contributed by atoms with E-state index in [9.17, 15) is 9.59 Å². The molecule has 6 nitrogen and oxygen atoms in total. The van der Waals surface area contributed by atoms with Crippen LogP contribution in [0.15, 0.2) is 68.4 Å². The van der Waals surface area contributed by atoms with Crippen molar-refractivity contribution in [1.29, 1.82) is 0 Å². The number of rotatable bonds is 6. The highest BCUT2D eigenvalue weighted by Gasteiger charge is 2.38.